The van der Waals surface area contributed by atoms with Crippen LogP contribution in [0.2, 0.25) is 0 Å². The quantitative estimate of drug-likeness (QED) is 0.906. The predicted molar refractivity (Wildman–Crippen MR) is 74.5 cm³/mol. The van der Waals surface area contributed by atoms with Crippen molar-refractivity contribution in [3.8, 4) is 0 Å². The molecule has 0 fully saturated rings. The van der Waals surface area contributed by atoms with E-state index in [0.717, 1.165) is 9.79 Å². The lowest BCUT2D eigenvalue weighted by Crippen LogP contribution is -2.05. The molecule has 0 bridgehead atoms. The van der Waals surface area contributed by atoms with Gasteiger partial charge in [-0.15, -0.1) is 0 Å². The third kappa shape index (κ3) is 3.12. The van der Waals surface area contributed by atoms with Gasteiger partial charge >= 0.3 is 0 Å². The van der Waals surface area contributed by atoms with Crippen LogP contribution >= 0.6 is 11.8 Å². The highest BCUT2D eigenvalue weighted by atomic mass is 32.2. The molecule has 0 spiro atoms. The van der Waals surface area contributed by atoms with Crippen LogP contribution < -0.4 is 5.73 Å². The summed E-state index contributed by atoms with van der Waals surface area (Å²) in [7, 11) is 0. The van der Waals surface area contributed by atoms with Gasteiger partial charge in [0, 0.05) is 15.4 Å². The SMILES string of the molecule is Cc1cccc(Sc2cccc(F)c2CCN)c1. The molecule has 0 aliphatic rings. The fourth-order valence-corrected chi connectivity index (χ4v) is 2.94. The van der Waals surface area contributed by atoms with E-state index in [4.69, 9.17) is 5.73 Å². The van der Waals surface area contributed by atoms with Crippen LogP contribution in [0.1, 0.15) is 11.1 Å². The van der Waals surface area contributed by atoms with Crippen molar-refractivity contribution in [3.05, 3.63) is 59.4 Å². The van der Waals surface area contributed by atoms with Crippen molar-refractivity contribution in [1.29, 1.82) is 0 Å². The summed E-state index contributed by atoms with van der Waals surface area (Å²) in [6, 6.07) is 13.4. The van der Waals surface area contributed by atoms with Gasteiger partial charge in [0.2, 0.25) is 0 Å². The first-order valence-electron chi connectivity index (χ1n) is 5.92. The fraction of sp³-hybridized carbons (Fsp3) is 0.200. The molecule has 2 rings (SSSR count). The lowest BCUT2D eigenvalue weighted by molar-refractivity contribution is 0.603. The van der Waals surface area contributed by atoms with E-state index < -0.39 is 0 Å². The molecular formula is C15H16FNS. The molecule has 2 aromatic rings. The Kier molecular flexibility index (Phi) is 4.39. The van der Waals surface area contributed by atoms with Gasteiger partial charge in [0.1, 0.15) is 5.82 Å². The van der Waals surface area contributed by atoms with Crippen LogP contribution in [0.4, 0.5) is 4.39 Å². The molecule has 0 aromatic heterocycles. The first-order chi connectivity index (χ1) is 8.70. The van der Waals surface area contributed by atoms with Gasteiger partial charge in [-0.05, 0) is 44.2 Å². The third-order valence-electron chi connectivity index (χ3n) is 2.69. The smallest absolute Gasteiger partial charge is 0.127 e. The van der Waals surface area contributed by atoms with E-state index in [2.05, 4.69) is 19.1 Å². The summed E-state index contributed by atoms with van der Waals surface area (Å²) in [6.07, 6.45) is 0.570. The average Bonchev–Trinajstić information content (AvgIpc) is 2.34. The van der Waals surface area contributed by atoms with Gasteiger partial charge < -0.3 is 5.73 Å². The van der Waals surface area contributed by atoms with Crippen LogP contribution in [0, 0.1) is 12.7 Å². The summed E-state index contributed by atoms with van der Waals surface area (Å²) in [6.45, 7) is 2.51. The molecule has 1 nitrogen and oxygen atoms in total. The molecule has 0 aliphatic carbocycles. The number of aryl methyl sites for hydroxylation is 1. The Labute approximate surface area is 111 Å². The first-order valence-corrected chi connectivity index (χ1v) is 6.74. The van der Waals surface area contributed by atoms with Crippen molar-refractivity contribution in [2.24, 2.45) is 5.73 Å². The van der Waals surface area contributed by atoms with Crippen LogP contribution in [0.5, 0.6) is 0 Å². The summed E-state index contributed by atoms with van der Waals surface area (Å²) < 4.78 is 13.8. The second kappa shape index (κ2) is 6.03. The normalized spacial score (nSPS) is 10.6. The number of halogens is 1. The zero-order valence-electron chi connectivity index (χ0n) is 10.3. The van der Waals surface area contributed by atoms with Gasteiger partial charge in [-0.25, -0.2) is 4.39 Å². The molecule has 0 heterocycles. The molecule has 0 aliphatic heterocycles. The van der Waals surface area contributed by atoms with Gasteiger partial charge in [0.15, 0.2) is 0 Å². The monoisotopic (exact) mass is 261 g/mol. The van der Waals surface area contributed by atoms with Crippen LogP contribution in [-0.4, -0.2) is 6.54 Å². The van der Waals surface area contributed by atoms with E-state index in [0.29, 0.717) is 18.5 Å². The standard InChI is InChI=1S/C15H16FNS/c1-11-4-2-5-12(10-11)18-15-7-3-6-14(16)13(15)8-9-17/h2-7,10H,8-9,17H2,1H3. The van der Waals surface area contributed by atoms with E-state index in [9.17, 15) is 4.39 Å². The molecule has 0 saturated heterocycles. The molecule has 0 amide bonds. The Morgan fingerprint density at radius 2 is 1.94 bits per heavy atom. The topological polar surface area (TPSA) is 26.0 Å². The van der Waals surface area contributed by atoms with E-state index in [1.807, 2.05) is 18.2 Å². The summed E-state index contributed by atoms with van der Waals surface area (Å²) in [4.78, 5) is 2.07. The summed E-state index contributed by atoms with van der Waals surface area (Å²) in [5.41, 5.74) is 7.46. The Morgan fingerprint density at radius 1 is 1.17 bits per heavy atom. The minimum atomic E-state index is -0.168. The molecule has 2 aromatic carbocycles. The molecule has 0 saturated carbocycles. The number of hydrogen-bond donors (Lipinski definition) is 1. The summed E-state index contributed by atoms with van der Waals surface area (Å²) in [5.74, 6) is -0.168. The minimum absolute atomic E-state index is 0.168. The van der Waals surface area contributed by atoms with Crippen molar-refractivity contribution in [2.45, 2.75) is 23.1 Å². The van der Waals surface area contributed by atoms with Crippen molar-refractivity contribution in [3.63, 3.8) is 0 Å². The van der Waals surface area contributed by atoms with Crippen molar-refractivity contribution >= 4 is 11.8 Å². The number of rotatable bonds is 4. The average molecular weight is 261 g/mol. The zero-order valence-corrected chi connectivity index (χ0v) is 11.1. The lowest BCUT2D eigenvalue weighted by atomic mass is 10.1. The van der Waals surface area contributed by atoms with Gasteiger partial charge in [-0.1, -0.05) is 35.5 Å². The van der Waals surface area contributed by atoms with Gasteiger partial charge in [0.25, 0.3) is 0 Å². The maximum atomic E-state index is 13.8. The molecular weight excluding hydrogens is 245 g/mol. The van der Waals surface area contributed by atoms with E-state index in [-0.39, 0.29) is 5.82 Å². The highest BCUT2D eigenvalue weighted by molar-refractivity contribution is 7.99. The largest absolute Gasteiger partial charge is 0.330 e. The van der Waals surface area contributed by atoms with Crippen LogP contribution in [0.25, 0.3) is 0 Å². The van der Waals surface area contributed by atoms with E-state index in [1.54, 1.807) is 17.8 Å². The molecule has 0 atom stereocenters. The zero-order chi connectivity index (χ0) is 13.0. The van der Waals surface area contributed by atoms with Crippen LogP contribution in [0.15, 0.2) is 52.3 Å². The minimum Gasteiger partial charge on any atom is -0.330 e. The maximum Gasteiger partial charge on any atom is 0.127 e. The van der Waals surface area contributed by atoms with E-state index in [1.165, 1.54) is 11.6 Å². The van der Waals surface area contributed by atoms with Gasteiger partial charge in [-0.3, -0.25) is 0 Å². The first kappa shape index (κ1) is 13.1. The van der Waals surface area contributed by atoms with Crippen molar-refractivity contribution < 1.29 is 4.39 Å². The molecule has 0 radical (unpaired) electrons. The second-order valence-corrected chi connectivity index (χ2v) is 5.29. The molecule has 3 heteroatoms. The van der Waals surface area contributed by atoms with Crippen LogP contribution in [-0.2, 0) is 6.42 Å². The number of hydrogen-bond acceptors (Lipinski definition) is 2. The predicted octanol–water partition coefficient (Wildman–Crippen LogP) is 3.79. The molecule has 0 unspecified atom stereocenters. The third-order valence-corrected chi connectivity index (χ3v) is 3.78. The fourth-order valence-electron chi connectivity index (χ4n) is 1.83. The van der Waals surface area contributed by atoms with Gasteiger partial charge in [0.05, 0.1) is 0 Å². The summed E-state index contributed by atoms with van der Waals surface area (Å²) >= 11 is 1.59. The Hall–Kier alpha value is -1.32. The van der Waals surface area contributed by atoms with Crippen LogP contribution in [0.3, 0.4) is 0 Å². The van der Waals surface area contributed by atoms with Crippen molar-refractivity contribution in [1.82, 2.24) is 0 Å². The second-order valence-electron chi connectivity index (χ2n) is 4.17. The summed E-state index contributed by atoms with van der Waals surface area (Å²) in [5, 5.41) is 0. The lowest BCUT2D eigenvalue weighted by Gasteiger charge is -2.09. The highest BCUT2D eigenvalue weighted by Crippen LogP contribution is 2.32. The van der Waals surface area contributed by atoms with Gasteiger partial charge in [-0.2, -0.15) is 0 Å². The Balaban J connectivity index is 2.31. The molecule has 94 valence electrons. The number of nitrogens with two attached hydrogens (primary N) is 1. The molecule has 18 heavy (non-hydrogen) atoms. The Bertz CT molecular complexity index is 540. The molecule has 2 N–H and O–H groups in total. The Morgan fingerprint density at radius 3 is 2.67 bits per heavy atom. The highest BCUT2D eigenvalue weighted by Gasteiger charge is 2.08. The maximum absolute atomic E-state index is 13.8. The van der Waals surface area contributed by atoms with Crippen molar-refractivity contribution in [2.75, 3.05) is 6.54 Å². The van der Waals surface area contributed by atoms with E-state index >= 15 is 0 Å². The number of benzene rings is 2.